The molecule has 3 N–H and O–H groups in total. The summed E-state index contributed by atoms with van der Waals surface area (Å²) in [6, 6.07) is 7.13. The molecule has 2 rings (SSSR count). The Morgan fingerprint density at radius 2 is 1.95 bits per heavy atom. The van der Waals surface area contributed by atoms with E-state index in [0.717, 1.165) is 18.4 Å². The van der Waals surface area contributed by atoms with Crippen LogP contribution in [0.4, 0.5) is 10.5 Å². The lowest BCUT2D eigenvalue weighted by Gasteiger charge is -2.34. The van der Waals surface area contributed by atoms with Crippen LogP contribution < -0.4 is 10.6 Å². The second kappa shape index (κ2) is 7.08. The Morgan fingerprint density at radius 1 is 1.29 bits per heavy atom. The molecule has 1 aromatic rings. The van der Waals surface area contributed by atoms with E-state index in [2.05, 4.69) is 10.6 Å². The van der Waals surface area contributed by atoms with Crippen molar-refractivity contribution in [2.75, 3.05) is 12.4 Å². The molecule has 114 valence electrons. The lowest BCUT2D eigenvalue weighted by Crippen LogP contribution is -2.48. The van der Waals surface area contributed by atoms with Crippen molar-refractivity contribution in [3.05, 3.63) is 29.8 Å². The van der Waals surface area contributed by atoms with Gasteiger partial charge in [0.1, 0.15) is 0 Å². The molecule has 0 atom stereocenters. The number of hydrogen-bond acceptors (Lipinski definition) is 3. The zero-order valence-corrected chi connectivity index (χ0v) is 12.0. The van der Waals surface area contributed by atoms with E-state index >= 15 is 0 Å². The largest absolute Gasteiger partial charge is 0.481 e. The maximum Gasteiger partial charge on any atom is 0.319 e. The van der Waals surface area contributed by atoms with E-state index in [9.17, 15) is 9.59 Å². The molecule has 0 aliphatic heterocycles. The van der Waals surface area contributed by atoms with E-state index in [0.29, 0.717) is 12.1 Å². The van der Waals surface area contributed by atoms with E-state index < -0.39 is 5.97 Å². The lowest BCUT2D eigenvalue weighted by atomic mass is 9.89. The molecule has 0 heterocycles. The second-order valence-corrected chi connectivity index (χ2v) is 5.22. The summed E-state index contributed by atoms with van der Waals surface area (Å²) < 4.78 is 5.16. The highest BCUT2D eigenvalue weighted by molar-refractivity contribution is 5.89. The molecule has 1 saturated carbocycles. The van der Waals surface area contributed by atoms with E-state index in [4.69, 9.17) is 9.84 Å². The van der Waals surface area contributed by atoms with Crippen LogP contribution in [0, 0.1) is 0 Å². The minimum Gasteiger partial charge on any atom is -0.481 e. The van der Waals surface area contributed by atoms with Crippen LogP contribution in [0.1, 0.15) is 24.8 Å². The number of benzene rings is 1. The summed E-state index contributed by atoms with van der Waals surface area (Å²) in [7, 11) is 1.67. The summed E-state index contributed by atoms with van der Waals surface area (Å²) in [6.07, 6.45) is 2.54. The van der Waals surface area contributed by atoms with Crippen molar-refractivity contribution in [3.8, 4) is 0 Å². The Morgan fingerprint density at radius 3 is 2.52 bits per heavy atom. The molecule has 0 spiro atoms. The molecule has 6 heteroatoms. The molecule has 1 aromatic carbocycles. The van der Waals surface area contributed by atoms with Gasteiger partial charge in [0, 0.05) is 25.3 Å². The van der Waals surface area contributed by atoms with Gasteiger partial charge in [-0.2, -0.15) is 0 Å². The van der Waals surface area contributed by atoms with Crippen molar-refractivity contribution in [1.29, 1.82) is 0 Å². The highest BCUT2D eigenvalue weighted by Crippen LogP contribution is 2.22. The molecule has 0 bridgehead atoms. The third kappa shape index (κ3) is 4.75. The average Bonchev–Trinajstić information content (AvgIpc) is 2.41. The first kappa shape index (κ1) is 15.3. The number of carbonyl (C=O) groups is 2. The molecule has 2 amide bonds. The normalized spacial score (nSPS) is 20.4. The number of amides is 2. The molecule has 0 saturated heterocycles. The summed E-state index contributed by atoms with van der Waals surface area (Å²) in [5.74, 6) is -0.813. The second-order valence-electron chi connectivity index (χ2n) is 5.22. The predicted octanol–water partition coefficient (Wildman–Crippen LogP) is 2.00. The van der Waals surface area contributed by atoms with Crippen molar-refractivity contribution in [2.24, 2.45) is 0 Å². The van der Waals surface area contributed by atoms with Crippen molar-refractivity contribution >= 4 is 17.7 Å². The fourth-order valence-corrected chi connectivity index (χ4v) is 2.23. The van der Waals surface area contributed by atoms with Gasteiger partial charge < -0.3 is 20.5 Å². The summed E-state index contributed by atoms with van der Waals surface area (Å²) in [4.78, 5) is 22.3. The Labute approximate surface area is 123 Å². The van der Waals surface area contributed by atoms with Gasteiger partial charge in [0.25, 0.3) is 0 Å². The number of hydrogen-bond donors (Lipinski definition) is 3. The van der Waals surface area contributed by atoms with Gasteiger partial charge in [-0.05, 0) is 37.0 Å². The molecule has 0 unspecified atom stereocenters. The van der Waals surface area contributed by atoms with E-state index in [1.54, 1.807) is 19.2 Å². The fourth-order valence-electron chi connectivity index (χ4n) is 2.23. The van der Waals surface area contributed by atoms with Crippen LogP contribution in [0.25, 0.3) is 0 Å². The SMILES string of the molecule is COC1CC(NC(=O)Nc2ccc(CCC(=O)O)cc2)C1. The van der Waals surface area contributed by atoms with Crippen molar-refractivity contribution in [1.82, 2.24) is 5.32 Å². The molecule has 6 nitrogen and oxygen atoms in total. The minimum atomic E-state index is -0.813. The Kier molecular flexibility index (Phi) is 5.16. The lowest BCUT2D eigenvalue weighted by molar-refractivity contribution is -0.136. The van der Waals surface area contributed by atoms with Crippen LogP contribution in [0.3, 0.4) is 0 Å². The predicted molar refractivity (Wildman–Crippen MR) is 78.4 cm³/mol. The van der Waals surface area contributed by atoms with Gasteiger partial charge in [0.15, 0.2) is 0 Å². The van der Waals surface area contributed by atoms with Gasteiger partial charge in [0.05, 0.1) is 6.10 Å². The van der Waals surface area contributed by atoms with Gasteiger partial charge in [-0.25, -0.2) is 4.79 Å². The third-order valence-corrected chi connectivity index (χ3v) is 3.60. The number of rotatable bonds is 6. The molecular weight excluding hydrogens is 272 g/mol. The summed E-state index contributed by atoms with van der Waals surface area (Å²) in [6.45, 7) is 0. The molecular formula is C15H20N2O4. The average molecular weight is 292 g/mol. The van der Waals surface area contributed by atoms with Crippen LogP contribution in [-0.4, -0.2) is 36.4 Å². The molecule has 21 heavy (non-hydrogen) atoms. The van der Waals surface area contributed by atoms with Gasteiger partial charge in [-0.1, -0.05) is 12.1 Å². The number of carboxylic acid groups (broad SMARTS) is 1. The van der Waals surface area contributed by atoms with Crippen LogP contribution in [0.2, 0.25) is 0 Å². The number of methoxy groups -OCH3 is 1. The van der Waals surface area contributed by atoms with E-state index in [1.165, 1.54) is 0 Å². The summed E-state index contributed by atoms with van der Waals surface area (Å²) in [5, 5.41) is 14.3. The molecule has 0 aromatic heterocycles. The zero-order chi connectivity index (χ0) is 15.2. The smallest absolute Gasteiger partial charge is 0.319 e. The van der Waals surface area contributed by atoms with Gasteiger partial charge in [-0.3, -0.25) is 4.79 Å². The quantitative estimate of drug-likeness (QED) is 0.748. The number of aryl methyl sites for hydroxylation is 1. The number of carboxylic acids is 1. The Hall–Kier alpha value is -2.08. The van der Waals surface area contributed by atoms with Gasteiger partial charge >= 0.3 is 12.0 Å². The topological polar surface area (TPSA) is 87.7 Å². The monoisotopic (exact) mass is 292 g/mol. The highest BCUT2D eigenvalue weighted by Gasteiger charge is 2.29. The van der Waals surface area contributed by atoms with E-state index in [-0.39, 0.29) is 24.6 Å². The maximum absolute atomic E-state index is 11.8. The first-order valence-electron chi connectivity index (χ1n) is 6.98. The molecule has 0 radical (unpaired) electrons. The van der Waals surface area contributed by atoms with Crippen LogP contribution in [0.15, 0.2) is 24.3 Å². The van der Waals surface area contributed by atoms with E-state index in [1.807, 2.05) is 12.1 Å². The third-order valence-electron chi connectivity index (χ3n) is 3.60. The zero-order valence-electron chi connectivity index (χ0n) is 12.0. The number of carbonyl (C=O) groups excluding carboxylic acids is 1. The Balaban J connectivity index is 1.75. The number of urea groups is 1. The van der Waals surface area contributed by atoms with Crippen LogP contribution >= 0.6 is 0 Å². The fraction of sp³-hybridized carbons (Fsp3) is 0.467. The molecule has 1 aliphatic carbocycles. The van der Waals surface area contributed by atoms with Gasteiger partial charge in [0.2, 0.25) is 0 Å². The van der Waals surface area contributed by atoms with Crippen molar-refractivity contribution < 1.29 is 19.4 Å². The van der Waals surface area contributed by atoms with Crippen molar-refractivity contribution in [3.63, 3.8) is 0 Å². The first-order valence-corrected chi connectivity index (χ1v) is 6.98. The standard InChI is InChI=1S/C15H20N2O4/c1-21-13-8-12(9-13)17-15(20)16-11-5-2-10(3-6-11)4-7-14(18)19/h2-3,5-6,12-13H,4,7-9H2,1H3,(H,18,19)(H2,16,17,20). The molecule has 1 aliphatic rings. The minimum absolute atomic E-state index is 0.107. The molecule has 1 fully saturated rings. The summed E-state index contributed by atoms with van der Waals surface area (Å²) >= 11 is 0. The van der Waals surface area contributed by atoms with Gasteiger partial charge in [-0.15, -0.1) is 0 Å². The number of ether oxygens (including phenoxy) is 1. The number of aliphatic carboxylic acids is 1. The van der Waals surface area contributed by atoms with Crippen LogP contribution in [-0.2, 0) is 16.0 Å². The number of nitrogens with one attached hydrogen (secondary N) is 2. The maximum atomic E-state index is 11.8. The first-order chi connectivity index (χ1) is 10.1. The van der Waals surface area contributed by atoms with Crippen molar-refractivity contribution in [2.45, 2.75) is 37.8 Å². The Bertz CT molecular complexity index is 495. The summed E-state index contributed by atoms with van der Waals surface area (Å²) in [5.41, 5.74) is 1.62. The van der Waals surface area contributed by atoms with Crippen LogP contribution in [0.5, 0.6) is 0 Å². The highest BCUT2D eigenvalue weighted by atomic mass is 16.5. The number of anilines is 1.